The predicted octanol–water partition coefficient (Wildman–Crippen LogP) is 3.17. The van der Waals surface area contributed by atoms with Gasteiger partial charge in [-0.1, -0.05) is 32.9 Å². The molecule has 0 saturated carbocycles. The minimum atomic E-state index is -0.0483. The van der Waals surface area contributed by atoms with Gasteiger partial charge in [0, 0.05) is 37.8 Å². The van der Waals surface area contributed by atoms with Gasteiger partial charge in [0.2, 0.25) is 0 Å². The van der Waals surface area contributed by atoms with Crippen LogP contribution < -0.4 is 5.32 Å². The Bertz CT molecular complexity index is 639. The summed E-state index contributed by atoms with van der Waals surface area (Å²) >= 11 is 0. The number of aryl methyl sites for hydroxylation is 1. The molecule has 0 unspecified atom stereocenters. The predicted molar refractivity (Wildman–Crippen MR) is 101 cm³/mol. The first-order valence-electron chi connectivity index (χ1n) is 9.05. The Kier molecular flexibility index (Phi) is 5.76. The molecule has 0 aromatic heterocycles. The maximum atomic E-state index is 12.8. The number of urea groups is 1. The molecule has 1 N–H and O–H groups in total. The molecule has 25 heavy (non-hydrogen) atoms. The van der Waals surface area contributed by atoms with E-state index in [0.717, 1.165) is 11.1 Å². The lowest BCUT2D eigenvalue weighted by atomic mass is 9.85. The van der Waals surface area contributed by atoms with Gasteiger partial charge in [0.25, 0.3) is 5.91 Å². The maximum absolute atomic E-state index is 12.8. The molecule has 1 aromatic carbocycles. The molecule has 0 spiro atoms. The number of rotatable bonds is 2. The number of hydrogen-bond acceptors (Lipinski definition) is 2. The Hall–Kier alpha value is -2.04. The van der Waals surface area contributed by atoms with Crippen LogP contribution in [0.2, 0.25) is 0 Å². The van der Waals surface area contributed by atoms with Crippen molar-refractivity contribution >= 4 is 11.9 Å². The largest absolute Gasteiger partial charge is 0.336 e. The van der Waals surface area contributed by atoms with Crippen LogP contribution in [0.25, 0.3) is 0 Å². The standard InChI is InChI=1S/C20H31N3O2/c1-14(2)21-19(25)23-11-9-22(10-12-23)18(24)17-8-7-16(13-15(17)3)20(4,5)6/h7-8,13-14H,9-12H2,1-6H3,(H,21,25). The molecule has 5 nitrogen and oxygen atoms in total. The molecule has 1 fully saturated rings. The lowest BCUT2D eigenvalue weighted by Crippen LogP contribution is -2.54. The van der Waals surface area contributed by atoms with Crippen molar-refractivity contribution in [1.82, 2.24) is 15.1 Å². The number of amides is 3. The number of carbonyl (C=O) groups is 2. The Balaban J connectivity index is 2.02. The van der Waals surface area contributed by atoms with Crippen LogP contribution >= 0.6 is 0 Å². The van der Waals surface area contributed by atoms with E-state index in [9.17, 15) is 9.59 Å². The summed E-state index contributed by atoms with van der Waals surface area (Å²) in [7, 11) is 0. The van der Waals surface area contributed by atoms with E-state index in [4.69, 9.17) is 0 Å². The van der Waals surface area contributed by atoms with Crippen molar-refractivity contribution in [3.05, 3.63) is 34.9 Å². The number of carbonyl (C=O) groups excluding carboxylic acids is 2. The van der Waals surface area contributed by atoms with E-state index < -0.39 is 0 Å². The highest BCUT2D eigenvalue weighted by Crippen LogP contribution is 2.25. The quantitative estimate of drug-likeness (QED) is 0.895. The van der Waals surface area contributed by atoms with Gasteiger partial charge in [0.1, 0.15) is 0 Å². The third-order valence-electron chi connectivity index (χ3n) is 4.59. The molecule has 3 amide bonds. The summed E-state index contributed by atoms with van der Waals surface area (Å²) in [5, 5.41) is 2.90. The van der Waals surface area contributed by atoms with Gasteiger partial charge in [-0.2, -0.15) is 0 Å². The van der Waals surface area contributed by atoms with Gasteiger partial charge in [0.15, 0.2) is 0 Å². The topological polar surface area (TPSA) is 52.7 Å². The minimum Gasteiger partial charge on any atom is -0.336 e. The van der Waals surface area contributed by atoms with E-state index in [2.05, 4.69) is 32.2 Å². The molecule has 0 radical (unpaired) electrons. The second-order valence-electron chi connectivity index (χ2n) is 8.16. The van der Waals surface area contributed by atoms with Crippen LogP contribution in [0.15, 0.2) is 18.2 Å². The van der Waals surface area contributed by atoms with Gasteiger partial charge in [-0.25, -0.2) is 4.79 Å². The Morgan fingerprint density at radius 2 is 1.60 bits per heavy atom. The number of nitrogens with one attached hydrogen (secondary N) is 1. The second kappa shape index (κ2) is 7.46. The first-order chi connectivity index (χ1) is 11.6. The number of benzene rings is 1. The van der Waals surface area contributed by atoms with Gasteiger partial charge >= 0.3 is 6.03 Å². The van der Waals surface area contributed by atoms with Crippen LogP contribution in [-0.2, 0) is 5.41 Å². The van der Waals surface area contributed by atoms with Crippen LogP contribution in [0.4, 0.5) is 4.79 Å². The monoisotopic (exact) mass is 345 g/mol. The SMILES string of the molecule is Cc1cc(C(C)(C)C)ccc1C(=O)N1CCN(C(=O)NC(C)C)CC1. The van der Waals surface area contributed by atoms with Gasteiger partial charge in [-0.15, -0.1) is 0 Å². The van der Waals surface area contributed by atoms with E-state index >= 15 is 0 Å². The molecule has 2 rings (SSSR count). The second-order valence-corrected chi connectivity index (χ2v) is 8.16. The minimum absolute atomic E-state index is 0.0483. The van der Waals surface area contributed by atoms with E-state index in [1.165, 1.54) is 5.56 Å². The fourth-order valence-corrected chi connectivity index (χ4v) is 2.99. The first-order valence-corrected chi connectivity index (χ1v) is 9.05. The van der Waals surface area contributed by atoms with Gasteiger partial charge in [0.05, 0.1) is 0 Å². The summed E-state index contributed by atoms with van der Waals surface area (Å²) in [5.41, 5.74) is 3.07. The summed E-state index contributed by atoms with van der Waals surface area (Å²) in [5.74, 6) is 0.0573. The van der Waals surface area contributed by atoms with Gasteiger partial charge in [-0.05, 0) is 43.4 Å². The lowest BCUT2D eigenvalue weighted by Gasteiger charge is -2.35. The Morgan fingerprint density at radius 3 is 2.08 bits per heavy atom. The van der Waals surface area contributed by atoms with Crippen molar-refractivity contribution in [2.45, 2.75) is 53.0 Å². The summed E-state index contributed by atoms with van der Waals surface area (Å²) in [6.07, 6.45) is 0. The van der Waals surface area contributed by atoms with Crippen molar-refractivity contribution < 1.29 is 9.59 Å². The molecule has 1 saturated heterocycles. The first kappa shape index (κ1) is 19.3. The molecule has 138 valence electrons. The smallest absolute Gasteiger partial charge is 0.317 e. The number of nitrogens with zero attached hydrogens (tertiary/aromatic N) is 2. The zero-order chi connectivity index (χ0) is 18.8. The molecule has 1 heterocycles. The Morgan fingerprint density at radius 1 is 1.04 bits per heavy atom. The summed E-state index contributed by atoms with van der Waals surface area (Å²) in [4.78, 5) is 28.5. The third-order valence-corrected chi connectivity index (χ3v) is 4.59. The highest BCUT2D eigenvalue weighted by molar-refractivity contribution is 5.96. The molecular formula is C20H31N3O2. The van der Waals surface area contributed by atoms with Gasteiger partial charge < -0.3 is 15.1 Å². The van der Waals surface area contributed by atoms with Crippen LogP contribution in [0.1, 0.15) is 56.1 Å². The average Bonchev–Trinajstić information content (AvgIpc) is 2.53. The normalized spacial score (nSPS) is 15.5. The Labute approximate surface area is 151 Å². The van der Waals surface area contributed by atoms with Crippen LogP contribution in [0.3, 0.4) is 0 Å². The molecule has 0 aliphatic carbocycles. The third kappa shape index (κ3) is 4.74. The number of hydrogen-bond donors (Lipinski definition) is 1. The van der Waals surface area contributed by atoms with E-state index in [-0.39, 0.29) is 23.4 Å². The van der Waals surface area contributed by atoms with Crippen molar-refractivity contribution in [2.24, 2.45) is 0 Å². The lowest BCUT2D eigenvalue weighted by molar-refractivity contribution is 0.0663. The fourth-order valence-electron chi connectivity index (χ4n) is 2.99. The fraction of sp³-hybridized carbons (Fsp3) is 0.600. The summed E-state index contributed by atoms with van der Waals surface area (Å²) < 4.78 is 0. The van der Waals surface area contributed by atoms with Crippen LogP contribution in [-0.4, -0.2) is 54.0 Å². The zero-order valence-electron chi connectivity index (χ0n) is 16.3. The van der Waals surface area contributed by atoms with E-state index in [1.807, 2.05) is 37.8 Å². The maximum Gasteiger partial charge on any atom is 0.317 e. The molecule has 0 bridgehead atoms. The molecular weight excluding hydrogens is 314 g/mol. The van der Waals surface area contributed by atoms with Crippen molar-refractivity contribution in [2.75, 3.05) is 26.2 Å². The summed E-state index contributed by atoms with van der Waals surface area (Å²) in [6.45, 7) is 14.7. The van der Waals surface area contributed by atoms with E-state index in [0.29, 0.717) is 26.2 Å². The molecule has 1 aliphatic heterocycles. The molecule has 1 aromatic rings. The van der Waals surface area contributed by atoms with Crippen LogP contribution in [0.5, 0.6) is 0 Å². The van der Waals surface area contributed by atoms with Crippen molar-refractivity contribution in [3.8, 4) is 0 Å². The molecule has 0 atom stereocenters. The highest BCUT2D eigenvalue weighted by Gasteiger charge is 2.26. The molecule has 1 aliphatic rings. The zero-order valence-corrected chi connectivity index (χ0v) is 16.3. The van der Waals surface area contributed by atoms with Crippen molar-refractivity contribution in [3.63, 3.8) is 0 Å². The van der Waals surface area contributed by atoms with Crippen molar-refractivity contribution in [1.29, 1.82) is 0 Å². The van der Waals surface area contributed by atoms with Gasteiger partial charge in [-0.3, -0.25) is 4.79 Å². The van der Waals surface area contributed by atoms with E-state index in [1.54, 1.807) is 4.90 Å². The highest BCUT2D eigenvalue weighted by atomic mass is 16.2. The van der Waals surface area contributed by atoms with Crippen LogP contribution in [0, 0.1) is 6.92 Å². The average molecular weight is 345 g/mol. The summed E-state index contributed by atoms with van der Waals surface area (Å²) in [6, 6.07) is 6.17. The number of piperazine rings is 1. The molecule has 5 heteroatoms.